The Hall–Kier alpha value is -3.18. The number of piperidine rings is 1. The fraction of sp³-hybridized carbons (Fsp3) is 0.381. The van der Waals surface area contributed by atoms with Gasteiger partial charge in [-0.2, -0.15) is 4.31 Å². The second-order valence-corrected chi connectivity index (χ2v) is 9.31. The van der Waals surface area contributed by atoms with Crippen LogP contribution in [0.3, 0.4) is 0 Å². The summed E-state index contributed by atoms with van der Waals surface area (Å²) in [5.41, 5.74) is 0.348. The predicted octanol–water partition coefficient (Wildman–Crippen LogP) is 2.03. The maximum absolute atomic E-state index is 12.9. The van der Waals surface area contributed by atoms with E-state index in [1.807, 2.05) is 0 Å². The van der Waals surface area contributed by atoms with Gasteiger partial charge in [0.1, 0.15) is 10.6 Å². The molecule has 2 heterocycles. The summed E-state index contributed by atoms with van der Waals surface area (Å²) < 4.78 is 38.1. The van der Waals surface area contributed by atoms with E-state index < -0.39 is 27.9 Å². The zero-order valence-corrected chi connectivity index (χ0v) is 18.9. The number of rotatable bonds is 6. The van der Waals surface area contributed by atoms with Crippen molar-refractivity contribution in [3.8, 4) is 0 Å². The molecule has 1 aromatic carbocycles. The van der Waals surface area contributed by atoms with Crippen molar-refractivity contribution in [1.29, 1.82) is 0 Å². The molecular weight excluding hydrogens is 438 g/mol. The largest absolute Gasteiger partial charge is 0.465 e. The molecule has 1 aliphatic rings. The molecule has 1 saturated heterocycles. The topological polar surface area (TPSA) is 124 Å². The van der Waals surface area contributed by atoms with E-state index in [2.05, 4.69) is 14.8 Å². The first kappa shape index (κ1) is 23.5. The van der Waals surface area contributed by atoms with Gasteiger partial charge in [0.25, 0.3) is 5.91 Å². The number of nitrogens with zero attached hydrogens (tertiary/aromatic N) is 2. The smallest absolute Gasteiger partial charge is 0.337 e. The van der Waals surface area contributed by atoms with Gasteiger partial charge in [-0.1, -0.05) is 6.42 Å². The number of sulfonamides is 1. The van der Waals surface area contributed by atoms with E-state index >= 15 is 0 Å². The van der Waals surface area contributed by atoms with Crippen molar-refractivity contribution in [1.82, 2.24) is 8.87 Å². The van der Waals surface area contributed by atoms with E-state index in [1.54, 1.807) is 7.05 Å². The highest BCUT2D eigenvalue weighted by Crippen LogP contribution is 2.23. The number of hydrogen-bond acceptors (Lipinski definition) is 7. The van der Waals surface area contributed by atoms with Crippen LogP contribution in [0.2, 0.25) is 0 Å². The van der Waals surface area contributed by atoms with Crippen molar-refractivity contribution in [3.63, 3.8) is 0 Å². The summed E-state index contributed by atoms with van der Waals surface area (Å²) in [6, 6.07) is 5.30. The Morgan fingerprint density at radius 1 is 0.906 bits per heavy atom. The molecule has 0 atom stereocenters. The lowest BCUT2D eigenvalue weighted by molar-refractivity contribution is 0.0598. The fourth-order valence-corrected chi connectivity index (χ4v) is 5.11. The molecule has 1 amide bonds. The van der Waals surface area contributed by atoms with Crippen molar-refractivity contribution < 1.29 is 32.3 Å². The van der Waals surface area contributed by atoms with E-state index in [4.69, 9.17) is 0 Å². The lowest BCUT2D eigenvalue weighted by atomic mass is 10.1. The molecule has 0 radical (unpaired) electrons. The van der Waals surface area contributed by atoms with Gasteiger partial charge in [0.15, 0.2) is 0 Å². The number of aryl methyl sites for hydroxylation is 1. The maximum atomic E-state index is 12.9. The third-order valence-corrected chi connectivity index (χ3v) is 7.06. The molecule has 0 aliphatic carbocycles. The monoisotopic (exact) mass is 463 g/mol. The molecule has 1 aliphatic heterocycles. The van der Waals surface area contributed by atoms with Crippen LogP contribution in [0.1, 0.15) is 50.5 Å². The van der Waals surface area contributed by atoms with Crippen LogP contribution >= 0.6 is 0 Å². The van der Waals surface area contributed by atoms with E-state index in [0.29, 0.717) is 13.1 Å². The number of anilines is 1. The van der Waals surface area contributed by atoms with Crippen molar-refractivity contribution in [3.05, 3.63) is 47.3 Å². The lowest BCUT2D eigenvalue weighted by Gasteiger charge is -2.25. The Morgan fingerprint density at radius 2 is 1.47 bits per heavy atom. The first-order chi connectivity index (χ1) is 15.2. The van der Waals surface area contributed by atoms with Crippen LogP contribution in [0.4, 0.5) is 5.69 Å². The van der Waals surface area contributed by atoms with Gasteiger partial charge in [0.05, 0.1) is 25.3 Å². The minimum Gasteiger partial charge on any atom is -0.465 e. The maximum Gasteiger partial charge on any atom is 0.337 e. The predicted molar refractivity (Wildman–Crippen MR) is 115 cm³/mol. The van der Waals surface area contributed by atoms with Gasteiger partial charge in [-0.3, -0.25) is 4.79 Å². The van der Waals surface area contributed by atoms with Crippen LogP contribution in [-0.2, 0) is 26.5 Å². The summed E-state index contributed by atoms with van der Waals surface area (Å²) in [7, 11) is 0.250. The quantitative estimate of drug-likeness (QED) is 0.650. The Labute approximate surface area is 186 Å². The van der Waals surface area contributed by atoms with Crippen LogP contribution in [0.5, 0.6) is 0 Å². The molecule has 1 fully saturated rings. The summed E-state index contributed by atoms with van der Waals surface area (Å²) in [6.07, 6.45) is 3.99. The van der Waals surface area contributed by atoms with Crippen molar-refractivity contribution in [2.75, 3.05) is 32.6 Å². The van der Waals surface area contributed by atoms with E-state index in [1.165, 1.54) is 53.6 Å². The van der Waals surface area contributed by atoms with E-state index in [-0.39, 0.29) is 27.4 Å². The highest BCUT2D eigenvalue weighted by atomic mass is 32.2. The van der Waals surface area contributed by atoms with E-state index in [9.17, 15) is 22.8 Å². The summed E-state index contributed by atoms with van der Waals surface area (Å²) in [5, 5.41) is 2.60. The van der Waals surface area contributed by atoms with Crippen LogP contribution in [-0.4, -0.2) is 62.4 Å². The number of ether oxygens (including phenoxy) is 2. The number of esters is 2. The minimum absolute atomic E-state index is 0.0330. The van der Waals surface area contributed by atoms with Crippen LogP contribution in [0.25, 0.3) is 0 Å². The lowest BCUT2D eigenvalue weighted by Crippen LogP contribution is -2.35. The van der Waals surface area contributed by atoms with Gasteiger partial charge in [-0.15, -0.1) is 0 Å². The van der Waals surface area contributed by atoms with Crippen molar-refractivity contribution in [2.45, 2.75) is 24.2 Å². The Morgan fingerprint density at radius 3 is 2.00 bits per heavy atom. The zero-order chi connectivity index (χ0) is 23.5. The molecule has 1 N–H and O–H groups in total. The number of nitrogens with one attached hydrogen (secondary N) is 1. The standard InChI is InChI=1S/C21H25N3O7S/c1-23-13-17(32(28,29)24-7-5-4-6-8-24)12-18(23)19(25)22-16-10-14(20(26)30-2)9-15(11-16)21(27)31-3/h9-13H,4-8H2,1-3H3,(H,22,25). The van der Waals surface area contributed by atoms with Crippen LogP contribution in [0.15, 0.2) is 35.4 Å². The van der Waals surface area contributed by atoms with Gasteiger partial charge < -0.3 is 19.4 Å². The molecule has 3 rings (SSSR count). The number of methoxy groups -OCH3 is 2. The van der Waals surface area contributed by atoms with Crippen molar-refractivity contribution >= 4 is 33.6 Å². The molecule has 11 heteroatoms. The normalized spacial score (nSPS) is 14.6. The molecule has 0 saturated carbocycles. The Bertz CT molecular complexity index is 1110. The van der Waals surface area contributed by atoms with Gasteiger partial charge in [-0.25, -0.2) is 18.0 Å². The summed E-state index contributed by atoms with van der Waals surface area (Å²) in [4.78, 5) is 36.8. The first-order valence-corrected chi connectivity index (χ1v) is 11.4. The molecule has 2 aromatic rings. The molecule has 10 nitrogen and oxygen atoms in total. The number of amides is 1. The molecule has 1 aromatic heterocycles. The summed E-state index contributed by atoms with van der Waals surface area (Å²) in [6.45, 7) is 0.908. The second-order valence-electron chi connectivity index (χ2n) is 7.37. The average Bonchev–Trinajstić information content (AvgIpc) is 3.20. The third kappa shape index (κ3) is 4.83. The van der Waals surface area contributed by atoms with Gasteiger partial charge in [0.2, 0.25) is 10.0 Å². The van der Waals surface area contributed by atoms with Gasteiger partial charge in [0, 0.05) is 32.0 Å². The number of hydrogen-bond donors (Lipinski definition) is 1. The van der Waals surface area contributed by atoms with Crippen molar-refractivity contribution in [2.24, 2.45) is 7.05 Å². The van der Waals surface area contributed by atoms with Gasteiger partial charge in [-0.05, 0) is 37.1 Å². The average molecular weight is 464 g/mol. The molecule has 0 spiro atoms. The van der Waals surface area contributed by atoms with Gasteiger partial charge >= 0.3 is 11.9 Å². The number of carbonyl (C=O) groups excluding carboxylic acids is 3. The molecule has 172 valence electrons. The molecule has 0 unspecified atom stereocenters. The van der Waals surface area contributed by atoms with Crippen LogP contribution < -0.4 is 5.32 Å². The summed E-state index contributed by atoms with van der Waals surface area (Å²) >= 11 is 0. The van der Waals surface area contributed by atoms with Crippen LogP contribution in [0, 0.1) is 0 Å². The Kier molecular flexibility index (Phi) is 6.99. The highest BCUT2D eigenvalue weighted by Gasteiger charge is 2.28. The third-order valence-electron chi connectivity index (χ3n) is 5.20. The SMILES string of the molecule is COC(=O)c1cc(NC(=O)c2cc(S(=O)(=O)N3CCCCC3)cn2C)cc(C(=O)OC)c1. The Balaban J connectivity index is 1.89. The molecule has 32 heavy (non-hydrogen) atoms. The number of carbonyl (C=O) groups is 3. The number of aromatic nitrogens is 1. The molecular formula is C21H25N3O7S. The zero-order valence-electron chi connectivity index (χ0n) is 18.1. The fourth-order valence-electron chi connectivity index (χ4n) is 3.52. The highest BCUT2D eigenvalue weighted by molar-refractivity contribution is 7.89. The minimum atomic E-state index is -3.70. The summed E-state index contributed by atoms with van der Waals surface area (Å²) in [5.74, 6) is -1.99. The number of benzene rings is 1. The van der Waals surface area contributed by atoms with E-state index in [0.717, 1.165) is 19.3 Å². The first-order valence-electron chi connectivity index (χ1n) is 9.97. The second kappa shape index (κ2) is 9.53. The molecule has 0 bridgehead atoms.